The Morgan fingerprint density at radius 3 is 2.80 bits per heavy atom. The lowest BCUT2D eigenvalue weighted by Gasteiger charge is -2.08. The van der Waals surface area contributed by atoms with Crippen LogP contribution in [0.1, 0.15) is 18.2 Å². The Hall–Kier alpha value is -1.58. The number of benzene rings is 1. The Morgan fingerprint density at radius 2 is 2.10 bits per heavy atom. The van der Waals surface area contributed by atoms with E-state index in [0.717, 1.165) is 25.3 Å². The summed E-state index contributed by atoms with van der Waals surface area (Å²) in [6.45, 7) is 11.1. The lowest BCUT2D eigenvalue weighted by molar-refractivity contribution is 0.157. The minimum Gasteiger partial charge on any atom is -0.376 e. The Labute approximate surface area is 121 Å². The third-order valence-corrected chi connectivity index (χ3v) is 3.57. The summed E-state index contributed by atoms with van der Waals surface area (Å²) in [6.07, 6.45) is 0. The van der Waals surface area contributed by atoms with Crippen molar-refractivity contribution in [3.05, 3.63) is 47.7 Å². The van der Waals surface area contributed by atoms with Crippen molar-refractivity contribution in [3.8, 4) is 0 Å². The molecule has 2 rings (SSSR count). The van der Waals surface area contributed by atoms with Gasteiger partial charge in [-0.3, -0.25) is 0 Å². The van der Waals surface area contributed by atoms with Crippen molar-refractivity contribution in [2.75, 3.05) is 19.8 Å². The Balaban J connectivity index is 1.92. The minimum absolute atomic E-state index is 0.648. The van der Waals surface area contributed by atoms with Crippen LogP contribution in [0.4, 0.5) is 0 Å². The molecule has 108 valence electrons. The fourth-order valence-corrected chi connectivity index (χ4v) is 2.48. The average molecular weight is 272 g/mol. The van der Waals surface area contributed by atoms with Crippen molar-refractivity contribution >= 4 is 10.9 Å². The molecular weight excluding hydrogens is 248 g/mol. The highest BCUT2D eigenvalue weighted by Gasteiger charge is 2.10. The van der Waals surface area contributed by atoms with Crippen LogP contribution in [0.2, 0.25) is 0 Å². The van der Waals surface area contributed by atoms with Crippen LogP contribution in [0.3, 0.4) is 0 Å². The molecule has 20 heavy (non-hydrogen) atoms. The van der Waals surface area contributed by atoms with Crippen LogP contribution < -0.4 is 5.32 Å². The fourth-order valence-electron chi connectivity index (χ4n) is 2.48. The summed E-state index contributed by atoms with van der Waals surface area (Å²) < 4.78 is 7.75. The Kier molecular flexibility index (Phi) is 4.99. The topological polar surface area (TPSA) is 26.2 Å². The molecule has 2 aromatic rings. The van der Waals surface area contributed by atoms with Gasteiger partial charge in [-0.25, -0.2) is 0 Å². The number of rotatable bonds is 7. The summed E-state index contributed by atoms with van der Waals surface area (Å²) in [5.41, 5.74) is 5.06. The van der Waals surface area contributed by atoms with Crippen molar-refractivity contribution < 1.29 is 4.74 Å². The molecule has 0 aliphatic heterocycles. The predicted octanol–water partition coefficient (Wildman–Crippen LogP) is 3.17. The summed E-state index contributed by atoms with van der Waals surface area (Å²) >= 11 is 0. The van der Waals surface area contributed by atoms with Gasteiger partial charge in [-0.1, -0.05) is 30.4 Å². The lowest BCUT2D eigenvalue weighted by Crippen LogP contribution is -2.21. The van der Waals surface area contributed by atoms with Crippen LogP contribution in [0.15, 0.2) is 36.4 Å². The molecule has 0 fully saturated rings. The number of para-hydroxylation sites is 1. The first-order chi connectivity index (χ1) is 9.61. The van der Waals surface area contributed by atoms with Crippen molar-refractivity contribution in [2.45, 2.75) is 20.4 Å². The van der Waals surface area contributed by atoms with Gasteiger partial charge >= 0.3 is 0 Å². The van der Waals surface area contributed by atoms with Crippen LogP contribution in [-0.2, 0) is 18.3 Å². The molecule has 0 saturated carbocycles. The molecular formula is C17H24N2O. The molecule has 0 spiro atoms. The molecule has 1 heterocycles. The maximum absolute atomic E-state index is 5.48. The number of ether oxygens (including phenoxy) is 1. The number of nitrogens with zero attached hydrogens (tertiary/aromatic N) is 1. The van der Waals surface area contributed by atoms with Gasteiger partial charge in [-0.05, 0) is 25.5 Å². The second kappa shape index (κ2) is 6.73. The highest BCUT2D eigenvalue weighted by Crippen LogP contribution is 2.24. The molecule has 0 bridgehead atoms. The maximum Gasteiger partial charge on any atom is 0.0672 e. The van der Waals surface area contributed by atoms with E-state index in [4.69, 9.17) is 4.74 Å². The van der Waals surface area contributed by atoms with Crippen molar-refractivity contribution in [1.29, 1.82) is 0 Å². The SMILES string of the molecule is C=C(C)COCCNCc1c(C)c2ccccc2n1C. The molecule has 0 unspecified atom stereocenters. The number of nitrogens with one attached hydrogen (secondary N) is 1. The van der Waals surface area contributed by atoms with Gasteiger partial charge < -0.3 is 14.6 Å². The van der Waals surface area contributed by atoms with Crippen LogP contribution in [0, 0.1) is 6.92 Å². The molecule has 3 heteroatoms. The third kappa shape index (κ3) is 3.30. The summed E-state index contributed by atoms with van der Waals surface area (Å²) in [7, 11) is 2.13. The monoisotopic (exact) mass is 272 g/mol. The van der Waals surface area contributed by atoms with Crippen LogP contribution >= 0.6 is 0 Å². The van der Waals surface area contributed by atoms with Gasteiger partial charge in [0.15, 0.2) is 0 Å². The number of hydrogen-bond acceptors (Lipinski definition) is 2. The average Bonchev–Trinajstić information content (AvgIpc) is 2.67. The van der Waals surface area contributed by atoms with Gasteiger partial charge in [0.2, 0.25) is 0 Å². The first-order valence-electron chi connectivity index (χ1n) is 7.07. The second-order valence-corrected chi connectivity index (χ2v) is 5.33. The fraction of sp³-hybridized carbons (Fsp3) is 0.412. The Bertz CT molecular complexity index is 559. The zero-order valence-electron chi connectivity index (χ0n) is 12.7. The molecule has 0 atom stereocenters. The van der Waals surface area contributed by atoms with Gasteiger partial charge in [-0.2, -0.15) is 0 Å². The molecule has 1 aromatic carbocycles. The first kappa shape index (κ1) is 14.8. The molecule has 3 nitrogen and oxygen atoms in total. The second-order valence-electron chi connectivity index (χ2n) is 5.33. The van der Waals surface area contributed by atoms with Crippen LogP contribution in [0.25, 0.3) is 10.9 Å². The summed E-state index contributed by atoms with van der Waals surface area (Å²) in [5.74, 6) is 0. The quantitative estimate of drug-likeness (QED) is 0.619. The maximum atomic E-state index is 5.48. The van der Waals surface area contributed by atoms with Gasteiger partial charge in [-0.15, -0.1) is 0 Å². The van der Waals surface area contributed by atoms with Crippen molar-refractivity contribution in [1.82, 2.24) is 9.88 Å². The van der Waals surface area contributed by atoms with Gasteiger partial charge in [0.05, 0.1) is 13.2 Å². The van der Waals surface area contributed by atoms with E-state index >= 15 is 0 Å². The highest BCUT2D eigenvalue weighted by molar-refractivity contribution is 5.85. The van der Waals surface area contributed by atoms with E-state index in [-0.39, 0.29) is 0 Å². The highest BCUT2D eigenvalue weighted by atomic mass is 16.5. The molecule has 0 radical (unpaired) electrons. The third-order valence-electron chi connectivity index (χ3n) is 3.57. The number of aryl methyl sites for hydroxylation is 2. The molecule has 1 N–H and O–H groups in total. The molecule has 0 aliphatic rings. The number of hydrogen-bond donors (Lipinski definition) is 1. The number of aromatic nitrogens is 1. The molecule has 0 aliphatic carbocycles. The zero-order valence-corrected chi connectivity index (χ0v) is 12.7. The van der Waals surface area contributed by atoms with Gasteiger partial charge in [0.25, 0.3) is 0 Å². The standard InChI is InChI=1S/C17H24N2O/c1-13(2)12-20-10-9-18-11-17-14(3)15-7-5-6-8-16(15)19(17)4/h5-8,18H,1,9-12H2,2-4H3. The van der Waals surface area contributed by atoms with E-state index < -0.39 is 0 Å². The van der Waals surface area contributed by atoms with E-state index in [1.807, 2.05) is 6.92 Å². The van der Waals surface area contributed by atoms with E-state index in [1.54, 1.807) is 0 Å². The van der Waals surface area contributed by atoms with Gasteiger partial charge in [0, 0.05) is 36.7 Å². The summed E-state index contributed by atoms with van der Waals surface area (Å²) in [6, 6.07) is 8.54. The molecule has 0 saturated heterocycles. The van der Waals surface area contributed by atoms with Crippen LogP contribution in [-0.4, -0.2) is 24.3 Å². The van der Waals surface area contributed by atoms with E-state index in [1.165, 1.54) is 22.2 Å². The first-order valence-corrected chi connectivity index (χ1v) is 7.07. The van der Waals surface area contributed by atoms with E-state index in [0.29, 0.717) is 6.61 Å². The van der Waals surface area contributed by atoms with Crippen molar-refractivity contribution in [3.63, 3.8) is 0 Å². The van der Waals surface area contributed by atoms with E-state index in [9.17, 15) is 0 Å². The molecule has 0 amide bonds. The minimum atomic E-state index is 0.648. The van der Waals surface area contributed by atoms with Crippen LogP contribution in [0.5, 0.6) is 0 Å². The normalized spacial score (nSPS) is 11.2. The lowest BCUT2D eigenvalue weighted by atomic mass is 10.1. The largest absolute Gasteiger partial charge is 0.376 e. The zero-order chi connectivity index (χ0) is 14.5. The van der Waals surface area contributed by atoms with Gasteiger partial charge in [0.1, 0.15) is 0 Å². The smallest absolute Gasteiger partial charge is 0.0672 e. The predicted molar refractivity (Wildman–Crippen MR) is 85.0 cm³/mol. The number of fused-ring (bicyclic) bond motifs is 1. The summed E-state index contributed by atoms with van der Waals surface area (Å²) in [5, 5.41) is 4.78. The molecule has 1 aromatic heterocycles. The van der Waals surface area contributed by atoms with E-state index in [2.05, 4.69) is 54.7 Å². The Morgan fingerprint density at radius 1 is 1.35 bits per heavy atom. The summed E-state index contributed by atoms with van der Waals surface area (Å²) in [4.78, 5) is 0. The van der Waals surface area contributed by atoms with Crippen molar-refractivity contribution in [2.24, 2.45) is 7.05 Å².